The summed E-state index contributed by atoms with van der Waals surface area (Å²) in [5, 5.41) is 3.46. The zero-order valence-electron chi connectivity index (χ0n) is 15.0. The van der Waals surface area contributed by atoms with E-state index < -0.39 is 5.60 Å². The zero-order chi connectivity index (χ0) is 16.3. The van der Waals surface area contributed by atoms with Gasteiger partial charge in [-0.05, 0) is 64.2 Å². The van der Waals surface area contributed by atoms with Gasteiger partial charge in [-0.15, -0.1) is 0 Å². The first-order valence-electron chi connectivity index (χ1n) is 8.98. The molecule has 2 fully saturated rings. The molecule has 1 N–H and O–H groups in total. The molecule has 2 rings (SSSR count). The van der Waals surface area contributed by atoms with Gasteiger partial charge in [-0.1, -0.05) is 13.8 Å². The van der Waals surface area contributed by atoms with Crippen LogP contribution >= 0.6 is 0 Å². The molecule has 1 atom stereocenters. The Morgan fingerprint density at radius 3 is 2.36 bits per heavy atom. The van der Waals surface area contributed by atoms with E-state index in [1.54, 1.807) is 0 Å². The van der Waals surface area contributed by atoms with Crippen LogP contribution in [-0.2, 0) is 4.74 Å². The van der Waals surface area contributed by atoms with E-state index in [0.29, 0.717) is 12.0 Å². The molecule has 1 unspecified atom stereocenters. The van der Waals surface area contributed by atoms with Gasteiger partial charge in [0.25, 0.3) is 0 Å². The Labute approximate surface area is 136 Å². The fourth-order valence-electron chi connectivity index (χ4n) is 3.89. The lowest BCUT2D eigenvalue weighted by Gasteiger charge is -2.43. The standard InChI is InChI=1S/C18H34N2O2/c1-13(2)14-6-8-15(9-7-14)16-12-19-10-11-20(16)17(21)22-18(3,4)5/h13-16,19H,6-12H2,1-5H3. The van der Waals surface area contributed by atoms with Crippen LogP contribution in [0.1, 0.15) is 60.3 Å². The van der Waals surface area contributed by atoms with E-state index >= 15 is 0 Å². The SMILES string of the molecule is CC(C)C1CCC(C2CNCCN2C(=O)OC(C)(C)C)CC1. The zero-order valence-corrected chi connectivity index (χ0v) is 15.0. The first-order chi connectivity index (χ1) is 10.3. The van der Waals surface area contributed by atoms with Crippen LogP contribution in [0.5, 0.6) is 0 Å². The summed E-state index contributed by atoms with van der Waals surface area (Å²) < 4.78 is 5.62. The number of nitrogens with zero attached hydrogens (tertiary/aromatic N) is 1. The smallest absolute Gasteiger partial charge is 0.410 e. The third-order valence-electron chi connectivity index (χ3n) is 5.21. The summed E-state index contributed by atoms with van der Waals surface area (Å²) in [5.74, 6) is 2.27. The average molecular weight is 310 g/mol. The molecule has 4 nitrogen and oxygen atoms in total. The minimum atomic E-state index is -0.415. The van der Waals surface area contributed by atoms with Gasteiger partial charge in [-0.25, -0.2) is 4.79 Å². The molecule has 1 saturated carbocycles. The molecule has 1 aliphatic heterocycles. The molecule has 0 aromatic heterocycles. The first-order valence-corrected chi connectivity index (χ1v) is 8.98. The van der Waals surface area contributed by atoms with E-state index in [1.807, 2.05) is 25.7 Å². The van der Waals surface area contributed by atoms with Gasteiger partial charge in [0.05, 0.1) is 6.04 Å². The topological polar surface area (TPSA) is 41.6 Å². The second-order valence-electron chi connectivity index (χ2n) is 8.36. The normalized spacial score (nSPS) is 30.5. The lowest BCUT2D eigenvalue weighted by atomic mass is 9.74. The van der Waals surface area contributed by atoms with E-state index in [-0.39, 0.29) is 6.09 Å². The largest absolute Gasteiger partial charge is 0.444 e. The Hall–Kier alpha value is -0.770. The molecular formula is C18H34N2O2. The number of nitrogens with one attached hydrogen (secondary N) is 1. The van der Waals surface area contributed by atoms with Crippen molar-refractivity contribution in [3.05, 3.63) is 0 Å². The van der Waals surface area contributed by atoms with Gasteiger partial charge in [0.15, 0.2) is 0 Å². The molecule has 2 aliphatic rings. The summed E-state index contributed by atoms with van der Waals surface area (Å²) >= 11 is 0. The molecule has 4 heteroatoms. The number of carbonyl (C=O) groups excluding carboxylic acids is 1. The number of carbonyl (C=O) groups is 1. The maximum absolute atomic E-state index is 12.5. The van der Waals surface area contributed by atoms with Crippen LogP contribution in [0.2, 0.25) is 0 Å². The molecule has 22 heavy (non-hydrogen) atoms. The minimum absolute atomic E-state index is 0.134. The Kier molecular flexibility index (Phi) is 5.76. The van der Waals surface area contributed by atoms with Gasteiger partial charge >= 0.3 is 6.09 Å². The Bertz CT molecular complexity index is 368. The molecular weight excluding hydrogens is 276 g/mol. The maximum atomic E-state index is 12.5. The van der Waals surface area contributed by atoms with E-state index in [0.717, 1.165) is 31.5 Å². The molecule has 1 saturated heterocycles. The van der Waals surface area contributed by atoms with Crippen molar-refractivity contribution in [2.75, 3.05) is 19.6 Å². The van der Waals surface area contributed by atoms with Crippen LogP contribution < -0.4 is 5.32 Å². The molecule has 0 radical (unpaired) electrons. The molecule has 0 aromatic carbocycles. The van der Waals surface area contributed by atoms with Gasteiger partial charge in [0.1, 0.15) is 5.60 Å². The highest BCUT2D eigenvalue weighted by Gasteiger charge is 2.37. The molecule has 1 heterocycles. The molecule has 1 aliphatic carbocycles. The van der Waals surface area contributed by atoms with Gasteiger partial charge in [0.2, 0.25) is 0 Å². The van der Waals surface area contributed by atoms with Crippen molar-refractivity contribution in [1.82, 2.24) is 10.2 Å². The highest BCUT2D eigenvalue weighted by Crippen LogP contribution is 2.36. The third kappa shape index (κ3) is 4.61. The van der Waals surface area contributed by atoms with Crippen LogP contribution in [0.15, 0.2) is 0 Å². The first kappa shape index (κ1) is 17.6. The van der Waals surface area contributed by atoms with Crippen molar-refractivity contribution in [2.45, 2.75) is 71.9 Å². The summed E-state index contributed by atoms with van der Waals surface area (Å²) in [6.07, 6.45) is 4.97. The van der Waals surface area contributed by atoms with Crippen LogP contribution in [0, 0.1) is 17.8 Å². The summed E-state index contributed by atoms with van der Waals surface area (Å²) in [7, 11) is 0. The van der Waals surface area contributed by atoms with Crippen LogP contribution in [0.3, 0.4) is 0 Å². The van der Waals surface area contributed by atoms with E-state index in [4.69, 9.17) is 4.74 Å². The highest BCUT2D eigenvalue weighted by atomic mass is 16.6. The van der Waals surface area contributed by atoms with Crippen LogP contribution in [0.4, 0.5) is 4.79 Å². The van der Waals surface area contributed by atoms with E-state index in [2.05, 4.69) is 19.2 Å². The van der Waals surface area contributed by atoms with Gasteiger partial charge in [0, 0.05) is 19.6 Å². The fourth-order valence-corrected chi connectivity index (χ4v) is 3.89. The summed E-state index contributed by atoms with van der Waals surface area (Å²) in [6, 6.07) is 0.303. The Morgan fingerprint density at radius 1 is 1.18 bits per heavy atom. The highest BCUT2D eigenvalue weighted by molar-refractivity contribution is 5.68. The number of hydrogen-bond donors (Lipinski definition) is 1. The molecule has 1 amide bonds. The number of piperazine rings is 1. The van der Waals surface area contributed by atoms with Gasteiger partial charge in [-0.3, -0.25) is 0 Å². The lowest BCUT2D eigenvalue weighted by molar-refractivity contribution is -0.000523. The van der Waals surface area contributed by atoms with Crippen LogP contribution in [-0.4, -0.2) is 42.3 Å². The predicted molar refractivity (Wildman–Crippen MR) is 89.9 cm³/mol. The number of amides is 1. The second kappa shape index (κ2) is 7.20. The Morgan fingerprint density at radius 2 is 1.82 bits per heavy atom. The number of hydrogen-bond acceptors (Lipinski definition) is 3. The van der Waals surface area contributed by atoms with E-state index in [1.165, 1.54) is 25.7 Å². The summed E-state index contributed by atoms with van der Waals surface area (Å²) in [4.78, 5) is 14.5. The van der Waals surface area contributed by atoms with Crippen molar-refractivity contribution in [2.24, 2.45) is 17.8 Å². The van der Waals surface area contributed by atoms with Crippen molar-refractivity contribution >= 4 is 6.09 Å². The molecule has 0 bridgehead atoms. The second-order valence-corrected chi connectivity index (χ2v) is 8.36. The van der Waals surface area contributed by atoms with Gasteiger partial charge in [-0.2, -0.15) is 0 Å². The summed E-state index contributed by atoms with van der Waals surface area (Å²) in [5.41, 5.74) is -0.415. The van der Waals surface area contributed by atoms with E-state index in [9.17, 15) is 4.79 Å². The monoisotopic (exact) mass is 310 g/mol. The lowest BCUT2D eigenvalue weighted by Crippen LogP contribution is -2.57. The predicted octanol–water partition coefficient (Wildman–Crippen LogP) is 3.66. The quantitative estimate of drug-likeness (QED) is 0.846. The minimum Gasteiger partial charge on any atom is -0.444 e. The maximum Gasteiger partial charge on any atom is 0.410 e. The van der Waals surface area contributed by atoms with Crippen molar-refractivity contribution in [3.8, 4) is 0 Å². The van der Waals surface area contributed by atoms with Crippen molar-refractivity contribution in [3.63, 3.8) is 0 Å². The fraction of sp³-hybridized carbons (Fsp3) is 0.944. The van der Waals surface area contributed by atoms with Crippen molar-refractivity contribution in [1.29, 1.82) is 0 Å². The molecule has 128 valence electrons. The average Bonchev–Trinajstić information content (AvgIpc) is 2.45. The summed E-state index contributed by atoms with van der Waals surface area (Å²) in [6.45, 7) is 13.0. The molecule has 0 aromatic rings. The molecule has 0 spiro atoms. The number of rotatable bonds is 2. The third-order valence-corrected chi connectivity index (χ3v) is 5.21. The van der Waals surface area contributed by atoms with Gasteiger partial charge < -0.3 is 15.0 Å². The Balaban J connectivity index is 1.97. The number of ether oxygens (including phenoxy) is 1. The van der Waals surface area contributed by atoms with Crippen molar-refractivity contribution < 1.29 is 9.53 Å². The van der Waals surface area contributed by atoms with Crippen LogP contribution in [0.25, 0.3) is 0 Å².